The van der Waals surface area contributed by atoms with Crippen LogP contribution in [0.15, 0.2) is 48.9 Å². The maximum atomic E-state index is 14.7. The number of amides is 5. The number of nitrogens with one attached hydrogen (secondary N) is 4. The van der Waals surface area contributed by atoms with E-state index < -0.39 is 59.5 Å². The van der Waals surface area contributed by atoms with E-state index in [1.165, 1.54) is 23.6 Å². The summed E-state index contributed by atoms with van der Waals surface area (Å²) < 4.78 is 0. The first-order valence-corrected chi connectivity index (χ1v) is 18.4. The molecule has 2 aliphatic carbocycles. The van der Waals surface area contributed by atoms with Gasteiger partial charge in [-0.05, 0) is 61.5 Å². The van der Waals surface area contributed by atoms with Gasteiger partial charge in [-0.3, -0.25) is 44.2 Å². The highest BCUT2D eigenvalue weighted by Gasteiger charge is 2.51. The summed E-state index contributed by atoms with van der Waals surface area (Å²) in [6.45, 7) is 5.04. The maximum absolute atomic E-state index is 14.7. The summed E-state index contributed by atoms with van der Waals surface area (Å²) in [6, 6.07) is 5.99. The van der Waals surface area contributed by atoms with Crippen LogP contribution in [0.25, 0.3) is 0 Å². The second-order valence-electron chi connectivity index (χ2n) is 15.3. The van der Waals surface area contributed by atoms with Crippen LogP contribution in [0.4, 0.5) is 5.69 Å². The predicted molar refractivity (Wildman–Crippen MR) is 193 cm³/mol. The van der Waals surface area contributed by atoms with Crippen LogP contribution in [0.5, 0.6) is 0 Å². The monoisotopic (exact) mass is 716 g/mol. The number of benzene rings is 1. The van der Waals surface area contributed by atoms with Crippen molar-refractivity contribution in [1.29, 1.82) is 0 Å². The Morgan fingerprint density at radius 3 is 2.27 bits per heavy atom. The van der Waals surface area contributed by atoms with Gasteiger partial charge in [0, 0.05) is 25.5 Å². The van der Waals surface area contributed by atoms with Gasteiger partial charge in [-0.25, -0.2) is 4.98 Å². The fraction of sp³-hybridized carbons (Fsp3) is 0.579. The summed E-state index contributed by atoms with van der Waals surface area (Å²) in [4.78, 5) is 91.1. The van der Waals surface area contributed by atoms with Crippen LogP contribution in [0.3, 0.4) is 0 Å². The third-order valence-electron chi connectivity index (χ3n) is 10.6. The van der Waals surface area contributed by atoms with Crippen molar-refractivity contribution in [2.45, 2.75) is 109 Å². The molecule has 5 amide bonds. The van der Waals surface area contributed by atoms with E-state index in [4.69, 9.17) is 0 Å². The summed E-state index contributed by atoms with van der Waals surface area (Å²) in [5, 5.41) is 9.95. The Morgan fingerprint density at radius 1 is 0.904 bits per heavy atom. The lowest BCUT2D eigenvalue weighted by Crippen LogP contribution is -2.62. The lowest BCUT2D eigenvalue weighted by molar-refractivity contribution is -0.147. The molecular weight excluding hydrogens is 664 g/mol. The molecule has 14 nitrogen and oxygen atoms in total. The number of carbonyl (C=O) groups is 6. The third kappa shape index (κ3) is 9.31. The van der Waals surface area contributed by atoms with E-state index in [-0.39, 0.29) is 29.5 Å². The Bertz CT molecular complexity index is 1590. The fourth-order valence-electron chi connectivity index (χ4n) is 7.83. The number of para-hydroxylation sites is 1. The SMILES string of the molecule is CN(NC(=O)C(=O)CNC(=O)[C@@H]1C[C@@H]2CCCC[C@@H]2N1C(=O)[C@@H](NC(=O)[C@@H](NC(=O)c1cnccn1)C1CCCCC1)C(C)(C)C)c1ccccc1. The molecule has 5 atom stereocenters. The molecule has 0 unspecified atom stereocenters. The Morgan fingerprint density at radius 2 is 1.60 bits per heavy atom. The van der Waals surface area contributed by atoms with E-state index in [0.29, 0.717) is 12.1 Å². The van der Waals surface area contributed by atoms with Gasteiger partial charge < -0.3 is 20.9 Å². The van der Waals surface area contributed by atoms with Crippen LogP contribution >= 0.6 is 0 Å². The number of hydrogen-bond acceptors (Lipinski definition) is 9. The van der Waals surface area contributed by atoms with E-state index in [9.17, 15) is 28.8 Å². The Balaban J connectivity index is 1.31. The van der Waals surface area contributed by atoms with E-state index in [2.05, 4.69) is 31.3 Å². The van der Waals surface area contributed by atoms with Crippen molar-refractivity contribution in [2.24, 2.45) is 17.3 Å². The van der Waals surface area contributed by atoms with Gasteiger partial charge in [-0.2, -0.15) is 0 Å². The van der Waals surface area contributed by atoms with E-state index in [1.807, 2.05) is 26.8 Å². The number of fused-ring (bicyclic) bond motifs is 1. The minimum Gasteiger partial charge on any atom is -0.347 e. The van der Waals surface area contributed by atoms with Crippen LogP contribution in [0.1, 0.15) is 95.5 Å². The first-order valence-electron chi connectivity index (χ1n) is 18.4. The number of carbonyl (C=O) groups excluding carboxylic acids is 6. The van der Waals surface area contributed by atoms with Crippen molar-refractivity contribution >= 4 is 41.0 Å². The van der Waals surface area contributed by atoms with Gasteiger partial charge >= 0.3 is 5.91 Å². The number of Topliss-reactive ketones (excluding diaryl/α,β-unsaturated/α-hetero) is 1. The molecule has 280 valence electrons. The molecule has 1 aromatic heterocycles. The first kappa shape index (κ1) is 38.4. The molecule has 1 aliphatic heterocycles. The van der Waals surface area contributed by atoms with Gasteiger partial charge in [-0.15, -0.1) is 0 Å². The topological polar surface area (TPSA) is 183 Å². The lowest BCUT2D eigenvalue weighted by atomic mass is 9.81. The van der Waals surface area contributed by atoms with Gasteiger partial charge in [0.2, 0.25) is 23.5 Å². The zero-order valence-electron chi connectivity index (χ0n) is 30.6. The zero-order valence-corrected chi connectivity index (χ0v) is 30.6. The summed E-state index contributed by atoms with van der Waals surface area (Å²) in [5.41, 5.74) is 2.52. The number of likely N-dealkylation sites (tertiary alicyclic amines) is 1. The second-order valence-corrected chi connectivity index (χ2v) is 15.3. The summed E-state index contributed by atoms with van der Waals surface area (Å²) >= 11 is 0. The van der Waals surface area contributed by atoms with Crippen LogP contribution in [-0.2, 0) is 24.0 Å². The lowest BCUT2D eigenvalue weighted by Gasteiger charge is -2.40. The Hall–Kier alpha value is -4.88. The smallest absolute Gasteiger partial charge is 0.307 e. The maximum Gasteiger partial charge on any atom is 0.307 e. The molecule has 1 aromatic carbocycles. The van der Waals surface area contributed by atoms with Crippen molar-refractivity contribution in [2.75, 3.05) is 18.6 Å². The minimum absolute atomic E-state index is 0.0875. The van der Waals surface area contributed by atoms with E-state index in [0.717, 1.165) is 57.8 Å². The number of hydrazine groups is 1. The summed E-state index contributed by atoms with van der Waals surface area (Å²) in [6.07, 6.45) is 12.5. The average Bonchev–Trinajstić information content (AvgIpc) is 3.55. The van der Waals surface area contributed by atoms with Gasteiger partial charge in [0.15, 0.2) is 0 Å². The molecule has 2 heterocycles. The number of anilines is 1. The molecule has 1 saturated heterocycles. The number of hydrogen-bond donors (Lipinski definition) is 4. The zero-order chi connectivity index (χ0) is 37.4. The van der Waals surface area contributed by atoms with Crippen molar-refractivity contribution in [3.05, 3.63) is 54.6 Å². The molecule has 52 heavy (non-hydrogen) atoms. The molecule has 0 radical (unpaired) electrons. The van der Waals surface area contributed by atoms with Crippen molar-refractivity contribution in [3.8, 4) is 0 Å². The summed E-state index contributed by atoms with van der Waals surface area (Å²) in [5.74, 6) is -3.63. The van der Waals surface area contributed by atoms with Gasteiger partial charge in [-0.1, -0.05) is 71.1 Å². The molecule has 3 aliphatic rings. The van der Waals surface area contributed by atoms with E-state index in [1.54, 1.807) is 36.2 Å². The molecule has 4 N–H and O–H groups in total. The number of rotatable bonds is 12. The number of ketones is 1. The summed E-state index contributed by atoms with van der Waals surface area (Å²) in [7, 11) is 1.61. The van der Waals surface area contributed by atoms with E-state index >= 15 is 0 Å². The van der Waals surface area contributed by atoms with Crippen molar-refractivity contribution in [1.82, 2.24) is 36.2 Å². The highest BCUT2D eigenvalue weighted by Crippen LogP contribution is 2.41. The number of nitrogens with zero attached hydrogens (tertiary/aromatic N) is 4. The largest absolute Gasteiger partial charge is 0.347 e. The Kier molecular flexibility index (Phi) is 12.6. The average molecular weight is 717 g/mol. The standard InChI is InChI=1S/C38H52N8O6/c1-38(2,3)32(43-36(51)31(24-13-7-5-8-14-24)42-33(48)27-22-39-19-20-40-27)37(52)46-28-18-12-11-15-25(28)21-29(46)34(49)41-23-30(47)35(50)44-45(4)26-16-9-6-10-17-26/h6,9-10,16-17,19-20,22,24-25,28-29,31-32H,5,7-8,11-15,18,21,23H2,1-4H3,(H,41,49)(H,42,48)(H,43,51)(H,44,50)/t25-,28-,29-,31-,32+/m0/s1. The molecular formula is C38H52N8O6. The van der Waals surface area contributed by atoms with Crippen molar-refractivity contribution in [3.63, 3.8) is 0 Å². The van der Waals surface area contributed by atoms with Crippen LogP contribution in [0.2, 0.25) is 0 Å². The van der Waals surface area contributed by atoms with Crippen molar-refractivity contribution < 1.29 is 28.8 Å². The predicted octanol–water partition coefficient (Wildman–Crippen LogP) is 2.70. The Labute approximate surface area is 305 Å². The quantitative estimate of drug-likeness (QED) is 0.190. The highest BCUT2D eigenvalue weighted by molar-refractivity contribution is 6.37. The molecule has 3 fully saturated rings. The van der Waals surface area contributed by atoms with Crippen LogP contribution in [-0.4, -0.2) is 87.9 Å². The second kappa shape index (κ2) is 17.1. The third-order valence-corrected chi connectivity index (χ3v) is 10.6. The minimum atomic E-state index is -1.02. The molecule has 2 saturated carbocycles. The fourth-order valence-corrected chi connectivity index (χ4v) is 7.83. The normalized spacial score (nSPS) is 21.5. The van der Waals surface area contributed by atoms with Gasteiger partial charge in [0.1, 0.15) is 23.8 Å². The van der Waals surface area contributed by atoms with Crippen LogP contribution < -0.4 is 26.4 Å². The van der Waals surface area contributed by atoms with Gasteiger partial charge in [0.05, 0.1) is 18.4 Å². The first-order chi connectivity index (χ1) is 24.8. The molecule has 0 spiro atoms. The molecule has 2 aromatic rings. The molecule has 5 rings (SSSR count). The van der Waals surface area contributed by atoms with Crippen LogP contribution in [0, 0.1) is 17.3 Å². The molecule has 0 bridgehead atoms. The number of aromatic nitrogens is 2. The highest BCUT2D eigenvalue weighted by atomic mass is 16.2. The molecule has 14 heteroatoms. The van der Waals surface area contributed by atoms with Gasteiger partial charge in [0.25, 0.3) is 5.91 Å².